The van der Waals surface area contributed by atoms with E-state index < -0.39 is 29.9 Å². The first kappa shape index (κ1) is 22.2. The summed E-state index contributed by atoms with van der Waals surface area (Å²) in [5.41, 5.74) is -3.36. The molecule has 1 unspecified atom stereocenters. The number of nitrogens with one attached hydrogen (secondary N) is 1. The van der Waals surface area contributed by atoms with Crippen LogP contribution in [0.3, 0.4) is 0 Å². The number of thioether (sulfide) groups is 1. The zero-order valence-corrected chi connectivity index (χ0v) is 17.9. The Morgan fingerprint density at radius 1 is 1.16 bits per heavy atom. The molecule has 2 aromatic rings. The number of carbonyl (C=O) groups excluding carboxylic acids is 1. The minimum Gasteiger partial charge on any atom is -0.374 e. The molecule has 0 bridgehead atoms. The van der Waals surface area contributed by atoms with Crippen LogP contribution in [0.5, 0.6) is 0 Å². The summed E-state index contributed by atoms with van der Waals surface area (Å²) in [7, 11) is 0. The van der Waals surface area contributed by atoms with Crippen molar-refractivity contribution in [2.24, 2.45) is 5.16 Å². The Morgan fingerprint density at radius 2 is 1.84 bits per heavy atom. The lowest BCUT2D eigenvalue weighted by atomic mass is 9.86. The third kappa shape index (κ3) is 4.23. The summed E-state index contributed by atoms with van der Waals surface area (Å²) < 4.78 is 56.7. The fourth-order valence-electron chi connectivity index (χ4n) is 3.31. The molecule has 2 heterocycles. The van der Waals surface area contributed by atoms with E-state index in [2.05, 4.69) is 10.5 Å². The van der Waals surface area contributed by atoms with Crippen LogP contribution in [0.25, 0.3) is 0 Å². The Kier molecular flexibility index (Phi) is 5.87. The number of nitrogens with zero attached hydrogens (tertiary/aromatic N) is 1. The molecule has 1 fully saturated rings. The first-order chi connectivity index (χ1) is 14.6. The summed E-state index contributed by atoms with van der Waals surface area (Å²) >= 11 is 13.4. The number of alkyl halides is 3. The molecule has 0 saturated carbocycles. The standard InChI is InChI=1S/C20H14Cl2F4N2O2S/c21-12-4-11(5-13(22)6-12)19(20(24,25)26)7-17(28-30-19)10-1-2-15(16(23)3-10)18(29)27-14-8-31-9-14/h1-6,14H,7-9H2,(H,27,29). The lowest BCUT2D eigenvalue weighted by Gasteiger charge is -2.29. The maximum atomic E-state index is 14.6. The highest BCUT2D eigenvalue weighted by atomic mass is 35.5. The summed E-state index contributed by atoms with van der Waals surface area (Å²) in [5, 5.41) is 6.31. The molecule has 2 aromatic carbocycles. The van der Waals surface area contributed by atoms with Gasteiger partial charge in [-0.3, -0.25) is 4.79 Å². The van der Waals surface area contributed by atoms with Crippen molar-refractivity contribution in [3.63, 3.8) is 0 Å². The highest BCUT2D eigenvalue weighted by Crippen LogP contribution is 2.49. The minimum atomic E-state index is -4.86. The minimum absolute atomic E-state index is 0.00875. The van der Waals surface area contributed by atoms with Gasteiger partial charge in [-0.2, -0.15) is 24.9 Å². The van der Waals surface area contributed by atoms with Gasteiger partial charge in [-0.1, -0.05) is 34.4 Å². The molecule has 0 spiro atoms. The molecule has 4 rings (SSSR count). The van der Waals surface area contributed by atoms with Crippen LogP contribution in [0, 0.1) is 5.82 Å². The van der Waals surface area contributed by atoms with Crippen LogP contribution in [-0.4, -0.2) is 35.3 Å². The number of rotatable bonds is 4. The van der Waals surface area contributed by atoms with Crippen molar-refractivity contribution in [3.05, 3.63) is 69.0 Å². The normalized spacial score (nSPS) is 21.3. The molecule has 1 atom stereocenters. The van der Waals surface area contributed by atoms with Gasteiger partial charge in [-0.25, -0.2) is 4.39 Å². The monoisotopic (exact) mass is 492 g/mol. The fraction of sp³-hybridized carbons (Fsp3) is 0.300. The first-order valence-corrected chi connectivity index (χ1v) is 11.0. The van der Waals surface area contributed by atoms with E-state index in [-0.39, 0.29) is 38.5 Å². The zero-order valence-electron chi connectivity index (χ0n) is 15.6. The Labute approximate surface area is 188 Å². The van der Waals surface area contributed by atoms with Crippen LogP contribution >= 0.6 is 35.0 Å². The average Bonchev–Trinajstić information content (AvgIpc) is 3.10. The third-order valence-corrected chi connectivity index (χ3v) is 6.75. The molecule has 31 heavy (non-hydrogen) atoms. The van der Waals surface area contributed by atoms with E-state index >= 15 is 0 Å². The van der Waals surface area contributed by atoms with Crippen LogP contribution < -0.4 is 5.32 Å². The van der Waals surface area contributed by atoms with E-state index in [1.807, 2.05) is 0 Å². The highest BCUT2D eigenvalue weighted by molar-refractivity contribution is 8.00. The van der Waals surface area contributed by atoms with E-state index in [0.717, 1.165) is 29.7 Å². The predicted molar refractivity (Wildman–Crippen MR) is 111 cm³/mol. The van der Waals surface area contributed by atoms with Gasteiger partial charge < -0.3 is 10.2 Å². The van der Waals surface area contributed by atoms with E-state index in [4.69, 9.17) is 28.0 Å². The molecule has 1 amide bonds. The van der Waals surface area contributed by atoms with Crippen LogP contribution in [0.4, 0.5) is 17.6 Å². The smallest absolute Gasteiger partial charge is 0.374 e. The van der Waals surface area contributed by atoms with Crippen LogP contribution in [-0.2, 0) is 10.4 Å². The topological polar surface area (TPSA) is 50.7 Å². The summed E-state index contributed by atoms with van der Waals surface area (Å²) in [6.45, 7) is 0. The van der Waals surface area contributed by atoms with Crippen molar-refractivity contribution in [2.45, 2.75) is 24.2 Å². The van der Waals surface area contributed by atoms with Gasteiger partial charge in [0.25, 0.3) is 11.5 Å². The van der Waals surface area contributed by atoms with Crippen molar-refractivity contribution >= 4 is 46.6 Å². The third-order valence-electron chi connectivity index (χ3n) is 5.04. The fourth-order valence-corrected chi connectivity index (χ4v) is 4.47. The van der Waals surface area contributed by atoms with Crippen molar-refractivity contribution in [1.29, 1.82) is 0 Å². The quantitative estimate of drug-likeness (QED) is 0.568. The first-order valence-electron chi connectivity index (χ1n) is 9.06. The molecule has 164 valence electrons. The summed E-state index contributed by atoms with van der Waals surface area (Å²) in [6, 6.07) is 7.03. The van der Waals surface area contributed by atoms with Gasteiger partial charge >= 0.3 is 6.18 Å². The number of benzene rings is 2. The lowest BCUT2D eigenvalue weighted by Crippen LogP contribution is -2.44. The van der Waals surface area contributed by atoms with Crippen molar-refractivity contribution in [1.82, 2.24) is 5.32 Å². The Hall–Kier alpha value is -1.97. The van der Waals surface area contributed by atoms with Gasteiger partial charge in [0.05, 0.1) is 11.3 Å². The highest BCUT2D eigenvalue weighted by Gasteiger charge is 2.62. The van der Waals surface area contributed by atoms with Crippen LogP contribution in [0.1, 0.15) is 27.9 Å². The molecule has 0 radical (unpaired) electrons. The van der Waals surface area contributed by atoms with Crippen molar-refractivity contribution in [3.8, 4) is 0 Å². The number of oxime groups is 1. The molecule has 1 N–H and O–H groups in total. The second-order valence-electron chi connectivity index (χ2n) is 7.19. The number of halogens is 6. The Morgan fingerprint density at radius 3 is 2.39 bits per heavy atom. The van der Waals surface area contributed by atoms with Gasteiger partial charge in [-0.15, -0.1) is 0 Å². The molecule has 0 aromatic heterocycles. The lowest BCUT2D eigenvalue weighted by molar-refractivity contribution is -0.275. The van der Waals surface area contributed by atoms with E-state index in [1.165, 1.54) is 18.2 Å². The molecule has 11 heteroatoms. The number of carbonyl (C=O) groups is 1. The molecular formula is C20H14Cl2F4N2O2S. The van der Waals surface area contributed by atoms with Crippen molar-refractivity contribution in [2.75, 3.05) is 11.5 Å². The van der Waals surface area contributed by atoms with Gasteiger partial charge in [0, 0.05) is 45.1 Å². The van der Waals surface area contributed by atoms with Crippen LogP contribution in [0.15, 0.2) is 41.6 Å². The van der Waals surface area contributed by atoms with Gasteiger partial charge in [0.15, 0.2) is 0 Å². The predicted octanol–water partition coefficient (Wildman–Crippen LogP) is 5.56. The summed E-state index contributed by atoms with van der Waals surface area (Å²) in [5.74, 6) is 0.0800. The SMILES string of the molecule is O=C(NC1CSC1)c1ccc(C2=NOC(c3cc(Cl)cc(Cl)c3)(C(F)(F)F)C2)cc1F. The molecular weight excluding hydrogens is 479 g/mol. The average molecular weight is 493 g/mol. The summed E-state index contributed by atoms with van der Waals surface area (Å²) in [6.07, 6.45) is -5.57. The summed E-state index contributed by atoms with van der Waals surface area (Å²) in [4.78, 5) is 17.1. The van der Waals surface area contributed by atoms with Gasteiger partial charge in [-0.05, 0) is 30.3 Å². The van der Waals surface area contributed by atoms with Crippen LogP contribution in [0.2, 0.25) is 10.0 Å². The molecule has 4 nitrogen and oxygen atoms in total. The molecule has 1 saturated heterocycles. The number of hydrogen-bond acceptors (Lipinski definition) is 4. The number of amides is 1. The second kappa shape index (κ2) is 8.18. The maximum absolute atomic E-state index is 14.6. The number of hydrogen-bond donors (Lipinski definition) is 1. The van der Waals surface area contributed by atoms with E-state index in [0.29, 0.717) is 0 Å². The van der Waals surface area contributed by atoms with Gasteiger partial charge in [0.2, 0.25) is 0 Å². The zero-order chi connectivity index (χ0) is 22.4. The molecule has 0 aliphatic carbocycles. The Balaban J connectivity index is 1.61. The molecule has 2 aliphatic heterocycles. The second-order valence-corrected chi connectivity index (χ2v) is 9.14. The van der Waals surface area contributed by atoms with Crippen molar-refractivity contribution < 1.29 is 27.2 Å². The van der Waals surface area contributed by atoms with E-state index in [9.17, 15) is 22.4 Å². The van der Waals surface area contributed by atoms with Gasteiger partial charge in [0.1, 0.15) is 5.82 Å². The maximum Gasteiger partial charge on any atom is 0.435 e. The largest absolute Gasteiger partial charge is 0.435 e. The molecule has 2 aliphatic rings. The van der Waals surface area contributed by atoms with E-state index in [1.54, 1.807) is 11.8 Å². The Bertz CT molecular complexity index is 1060.